The lowest BCUT2D eigenvalue weighted by molar-refractivity contribution is -0.167. The summed E-state index contributed by atoms with van der Waals surface area (Å²) < 4.78 is 17.0. The van der Waals surface area contributed by atoms with Gasteiger partial charge in [-0.25, -0.2) is 0 Å². The predicted molar refractivity (Wildman–Crippen MR) is 358 cm³/mol. The number of hydrogen-bond acceptors (Lipinski definition) is 6. The topological polar surface area (TPSA) is 78.9 Å². The van der Waals surface area contributed by atoms with Crippen molar-refractivity contribution >= 4 is 17.9 Å². The maximum Gasteiger partial charge on any atom is 0.306 e. The monoisotopic (exact) mass is 1140 g/mol. The molecule has 0 bridgehead atoms. The van der Waals surface area contributed by atoms with Crippen molar-refractivity contribution < 1.29 is 28.6 Å². The van der Waals surface area contributed by atoms with E-state index in [4.69, 9.17) is 14.2 Å². The second kappa shape index (κ2) is 70.1. The number of esters is 3. The molecule has 0 heterocycles. The molecule has 0 saturated heterocycles. The Morgan fingerprint density at radius 1 is 0.256 bits per heavy atom. The second-order valence-corrected chi connectivity index (χ2v) is 23.8. The van der Waals surface area contributed by atoms with Crippen LogP contribution in [0.25, 0.3) is 0 Å². The lowest BCUT2D eigenvalue weighted by Crippen LogP contribution is -2.30. The van der Waals surface area contributed by atoms with Crippen molar-refractivity contribution in [1.82, 2.24) is 0 Å². The maximum absolute atomic E-state index is 13.0. The van der Waals surface area contributed by atoms with E-state index in [9.17, 15) is 14.4 Å². The molecule has 0 saturated carbocycles. The highest BCUT2D eigenvalue weighted by Crippen LogP contribution is 2.18. The highest BCUT2D eigenvalue weighted by molar-refractivity contribution is 5.71. The standard InChI is InChI=1S/C76H134O6/c1-4-7-10-13-16-19-22-25-28-31-34-35-36-37-38-39-40-41-43-45-48-51-54-57-60-63-66-69-75(78)81-72-73(71-80-74(77)68-65-62-59-56-53-50-47-44-33-30-27-24-21-18-15-12-9-6-3)82-76(79)70-67-64-61-58-55-52-49-46-42-32-29-26-23-20-17-14-11-8-5-2/h7,10,16,19,25,28,34-35,37-38,40-41,45,48,73H,4-6,8-9,11-15,17-18,20-24,26-27,29-33,36,39,42-44,46-47,49-72H2,1-3H3/b10-7-,19-16-,28-25-,35-34-,38-37-,41-40-,48-45-. The van der Waals surface area contributed by atoms with Gasteiger partial charge in [0.25, 0.3) is 0 Å². The van der Waals surface area contributed by atoms with Crippen molar-refractivity contribution in [3.8, 4) is 0 Å². The van der Waals surface area contributed by atoms with Gasteiger partial charge >= 0.3 is 17.9 Å². The van der Waals surface area contributed by atoms with Crippen LogP contribution in [0, 0.1) is 0 Å². The van der Waals surface area contributed by atoms with E-state index >= 15 is 0 Å². The first kappa shape index (κ1) is 78.6. The van der Waals surface area contributed by atoms with E-state index in [1.807, 2.05) is 0 Å². The van der Waals surface area contributed by atoms with E-state index in [0.29, 0.717) is 19.3 Å². The van der Waals surface area contributed by atoms with Crippen molar-refractivity contribution in [3.63, 3.8) is 0 Å². The third-order valence-corrected chi connectivity index (χ3v) is 15.7. The van der Waals surface area contributed by atoms with Crippen molar-refractivity contribution in [3.05, 3.63) is 85.1 Å². The average molecular weight is 1140 g/mol. The van der Waals surface area contributed by atoms with Crippen molar-refractivity contribution in [2.45, 2.75) is 367 Å². The van der Waals surface area contributed by atoms with Crippen LogP contribution in [0.1, 0.15) is 361 Å². The fourth-order valence-electron chi connectivity index (χ4n) is 10.4. The van der Waals surface area contributed by atoms with Crippen LogP contribution in [0.2, 0.25) is 0 Å². The molecular weight excluding hydrogens is 1010 g/mol. The first-order valence-electron chi connectivity index (χ1n) is 35.6. The zero-order valence-electron chi connectivity index (χ0n) is 54.5. The Labute approximate surface area is 509 Å². The highest BCUT2D eigenvalue weighted by Gasteiger charge is 2.19. The first-order chi connectivity index (χ1) is 40.5. The van der Waals surface area contributed by atoms with Crippen LogP contribution in [0.5, 0.6) is 0 Å². The van der Waals surface area contributed by atoms with Crippen LogP contribution < -0.4 is 0 Å². The van der Waals surface area contributed by atoms with Gasteiger partial charge in [-0.3, -0.25) is 14.4 Å². The van der Waals surface area contributed by atoms with Gasteiger partial charge in [0.1, 0.15) is 13.2 Å². The van der Waals surface area contributed by atoms with Crippen LogP contribution in [0.4, 0.5) is 0 Å². The van der Waals surface area contributed by atoms with Gasteiger partial charge in [-0.15, -0.1) is 0 Å². The Bertz CT molecular complexity index is 1550. The smallest absolute Gasteiger partial charge is 0.306 e. The quantitative estimate of drug-likeness (QED) is 0.0261. The number of carbonyl (C=O) groups excluding carboxylic acids is 3. The number of unbranched alkanes of at least 4 members (excludes halogenated alkanes) is 40. The molecule has 0 amide bonds. The summed E-state index contributed by atoms with van der Waals surface area (Å²) >= 11 is 0. The zero-order chi connectivity index (χ0) is 59.2. The van der Waals surface area contributed by atoms with Crippen LogP contribution in [-0.4, -0.2) is 37.2 Å². The van der Waals surface area contributed by atoms with E-state index in [1.165, 1.54) is 199 Å². The molecule has 82 heavy (non-hydrogen) atoms. The molecule has 6 heteroatoms. The molecule has 0 aliphatic carbocycles. The number of rotatable bonds is 65. The normalized spacial score (nSPS) is 12.6. The Kier molecular flexibility index (Phi) is 67.2. The Morgan fingerprint density at radius 3 is 0.744 bits per heavy atom. The van der Waals surface area contributed by atoms with Crippen LogP contribution in [0.3, 0.4) is 0 Å². The predicted octanol–water partition coefficient (Wildman–Crippen LogP) is 24.6. The Hall–Kier alpha value is -3.41. The van der Waals surface area contributed by atoms with Crippen molar-refractivity contribution in [2.75, 3.05) is 13.2 Å². The minimum atomic E-state index is -0.784. The fraction of sp³-hybridized carbons (Fsp3) is 0.776. The minimum absolute atomic E-state index is 0.0774. The molecule has 0 N–H and O–H groups in total. The van der Waals surface area contributed by atoms with E-state index in [0.717, 1.165) is 122 Å². The second-order valence-electron chi connectivity index (χ2n) is 23.8. The van der Waals surface area contributed by atoms with E-state index < -0.39 is 6.10 Å². The minimum Gasteiger partial charge on any atom is -0.462 e. The summed E-state index contributed by atoms with van der Waals surface area (Å²) in [5, 5.41) is 0. The molecule has 6 nitrogen and oxygen atoms in total. The SMILES string of the molecule is CC/C=C\C/C=C\C/C=C\C/C=C\C/C=C\C/C=C\C/C=C\CCCCCCCC(=O)OCC(COC(=O)CCCCCCCCCCCCCCCCCCCC)OC(=O)CCCCCCCCCCCCCCCCCCCCC. The van der Waals surface area contributed by atoms with Crippen LogP contribution in [0.15, 0.2) is 85.1 Å². The molecule has 0 aliphatic rings. The number of allylic oxidation sites excluding steroid dienone is 14. The molecule has 0 aromatic carbocycles. The highest BCUT2D eigenvalue weighted by atomic mass is 16.6. The molecule has 0 spiro atoms. The number of hydrogen-bond donors (Lipinski definition) is 0. The summed E-state index contributed by atoms with van der Waals surface area (Å²) in [5.41, 5.74) is 0. The Balaban J connectivity index is 4.38. The van der Waals surface area contributed by atoms with E-state index in [1.54, 1.807) is 0 Å². The Morgan fingerprint density at radius 2 is 0.476 bits per heavy atom. The molecule has 474 valence electrons. The number of carbonyl (C=O) groups is 3. The van der Waals surface area contributed by atoms with Gasteiger partial charge in [-0.1, -0.05) is 350 Å². The van der Waals surface area contributed by atoms with Crippen molar-refractivity contribution in [2.24, 2.45) is 0 Å². The van der Waals surface area contributed by atoms with Gasteiger partial charge in [0.05, 0.1) is 0 Å². The fourth-order valence-corrected chi connectivity index (χ4v) is 10.4. The molecule has 0 aliphatic heterocycles. The van der Waals surface area contributed by atoms with Gasteiger partial charge in [-0.2, -0.15) is 0 Å². The lowest BCUT2D eigenvalue weighted by Gasteiger charge is -2.18. The summed E-state index contributed by atoms with van der Waals surface area (Å²) in [7, 11) is 0. The summed E-state index contributed by atoms with van der Waals surface area (Å²) in [6.07, 6.45) is 93.1. The van der Waals surface area contributed by atoms with Crippen molar-refractivity contribution in [1.29, 1.82) is 0 Å². The molecule has 1 unspecified atom stereocenters. The molecule has 0 fully saturated rings. The average Bonchev–Trinajstić information content (AvgIpc) is 3.47. The zero-order valence-corrected chi connectivity index (χ0v) is 54.5. The molecular formula is C76H134O6. The summed E-state index contributed by atoms with van der Waals surface area (Å²) in [6.45, 7) is 6.58. The van der Waals surface area contributed by atoms with Gasteiger partial charge in [0.2, 0.25) is 0 Å². The molecule has 0 aromatic rings. The first-order valence-corrected chi connectivity index (χ1v) is 35.6. The van der Waals surface area contributed by atoms with Gasteiger partial charge in [0, 0.05) is 19.3 Å². The van der Waals surface area contributed by atoms with Gasteiger partial charge < -0.3 is 14.2 Å². The van der Waals surface area contributed by atoms with E-state index in [-0.39, 0.29) is 31.1 Å². The molecule has 0 aromatic heterocycles. The van der Waals surface area contributed by atoms with Gasteiger partial charge in [0.15, 0.2) is 6.10 Å². The molecule has 1 atom stereocenters. The largest absolute Gasteiger partial charge is 0.462 e. The van der Waals surface area contributed by atoms with Crippen LogP contribution in [-0.2, 0) is 28.6 Å². The molecule has 0 rings (SSSR count). The third-order valence-electron chi connectivity index (χ3n) is 15.7. The number of ether oxygens (including phenoxy) is 3. The van der Waals surface area contributed by atoms with E-state index in [2.05, 4.69) is 106 Å². The third kappa shape index (κ3) is 67.4. The molecule has 0 radical (unpaired) electrons. The maximum atomic E-state index is 13.0. The summed E-state index contributed by atoms with van der Waals surface area (Å²) in [4.78, 5) is 38.5. The summed E-state index contributed by atoms with van der Waals surface area (Å²) in [5.74, 6) is -0.874. The van der Waals surface area contributed by atoms with Crippen LogP contribution >= 0.6 is 0 Å². The van der Waals surface area contributed by atoms with Gasteiger partial charge in [-0.05, 0) is 77.0 Å². The lowest BCUT2D eigenvalue weighted by atomic mass is 10.0. The summed E-state index contributed by atoms with van der Waals surface area (Å²) in [6, 6.07) is 0.